The molecule has 19 heavy (non-hydrogen) atoms. The number of amides is 2. The first-order chi connectivity index (χ1) is 8.86. The van der Waals surface area contributed by atoms with Crippen molar-refractivity contribution in [2.75, 3.05) is 20.8 Å². The average molecular weight is 384 g/mol. The molecule has 0 aromatic carbocycles. The number of halogens is 1. The molecule has 0 aliphatic carbocycles. The molecule has 1 heterocycles. The third-order valence-electron chi connectivity index (χ3n) is 3.18. The third kappa shape index (κ3) is 3.28. The Labute approximate surface area is 125 Å². The van der Waals surface area contributed by atoms with Crippen molar-refractivity contribution in [1.82, 2.24) is 10.2 Å². The lowest BCUT2D eigenvalue weighted by molar-refractivity contribution is -0.158. The van der Waals surface area contributed by atoms with Crippen LogP contribution in [0.2, 0.25) is 0 Å². The second-order valence-electron chi connectivity index (χ2n) is 4.36. The molecule has 0 aromatic rings. The zero-order chi connectivity index (χ0) is 14.6. The molecule has 1 fully saturated rings. The number of alkyl halides is 1. The van der Waals surface area contributed by atoms with E-state index in [2.05, 4.69) is 10.1 Å². The Hall–Kier alpha value is -1.06. The largest absolute Gasteiger partial charge is 0.467 e. The monoisotopic (exact) mass is 384 g/mol. The Morgan fingerprint density at radius 2 is 1.95 bits per heavy atom. The van der Waals surface area contributed by atoms with Gasteiger partial charge in [-0.15, -0.1) is 0 Å². The number of ether oxygens (including phenoxy) is 2. The standard InChI is InChI=1S/C11H17IN2O5/c1-11(9(16)18-2)5-4-6-14(11)8(15)7(12)13-10(17)19-3/h7H,4-6H2,1-3H3,(H,13,17)/t7-,11+/m1/s1. The van der Waals surface area contributed by atoms with Crippen molar-refractivity contribution in [2.24, 2.45) is 0 Å². The number of hydrogen-bond donors (Lipinski definition) is 1. The van der Waals surface area contributed by atoms with Gasteiger partial charge in [0.05, 0.1) is 14.2 Å². The van der Waals surface area contributed by atoms with E-state index in [0.29, 0.717) is 13.0 Å². The van der Waals surface area contributed by atoms with Gasteiger partial charge in [0.1, 0.15) is 5.54 Å². The maximum atomic E-state index is 12.3. The number of rotatable bonds is 3. The van der Waals surface area contributed by atoms with Gasteiger partial charge in [-0.25, -0.2) is 9.59 Å². The summed E-state index contributed by atoms with van der Waals surface area (Å²) in [6, 6.07) is 0. The number of nitrogens with one attached hydrogen (secondary N) is 1. The summed E-state index contributed by atoms with van der Waals surface area (Å²) in [6.07, 6.45) is 0.582. The van der Waals surface area contributed by atoms with E-state index in [1.54, 1.807) is 29.5 Å². The molecule has 1 rings (SSSR count). The predicted molar refractivity (Wildman–Crippen MR) is 74.7 cm³/mol. The Bertz CT molecular complexity index is 389. The summed E-state index contributed by atoms with van der Waals surface area (Å²) < 4.78 is 8.40. The van der Waals surface area contributed by atoms with E-state index in [4.69, 9.17) is 4.74 Å². The van der Waals surface area contributed by atoms with Gasteiger partial charge in [-0.1, -0.05) is 0 Å². The molecule has 8 heteroatoms. The van der Waals surface area contributed by atoms with Crippen LogP contribution in [0.15, 0.2) is 0 Å². The van der Waals surface area contributed by atoms with Crippen molar-refractivity contribution in [1.29, 1.82) is 0 Å². The number of hydrogen-bond acceptors (Lipinski definition) is 5. The molecule has 0 aromatic heterocycles. The topological polar surface area (TPSA) is 84.9 Å². The molecule has 108 valence electrons. The molecular formula is C11H17IN2O5. The summed E-state index contributed by atoms with van der Waals surface area (Å²) in [6.45, 7) is 2.14. The molecule has 7 nitrogen and oxygen atoms in total. The Kier molecular flexibility index (Phi) is 5.39. The van der Waals surface area contributed by atoms with Crippen molar-refractivity contribution < 1.29 is 23.9 Å². The van der Waals surface area contributed by atoms with Gasteiger partial charge in [0, 0.05) is 6.54 Å². The molecule has 0 spiro atoms. The molecule has 0 unspecified atom stereocenters. The van der Waals surface area contributed by atoms with Crippen LogP contribution in [0.1, 0.15) is 19.8 Å². The minimum Gasteiger partial charge on any atom is -0.467 e. The molecule has 1 aliphatic rings. The van der Waals surface area contributed by atoms with Crippen LogP contribution < -0.4 is 5.32 Å². The first-order valence-corrected chi connectivity index (χ1v) is 7.00. The Morgan fingerprint density at radius 1 is 1.32 bits per heavy atom. The van der Waals surface area contributed by atoms with Crippen LogP contribution in [0.5, 0.6) is 0 Å². The summed E-state index contributed by atoms with van der Waals surface area (Å²) in [7, 11) is 2.51. The molecule has 1 aliphatic heterocycles. The minimum absolute atomic E-state index is 0.337. The van der Waals surface area contributed by atoms with Crippen molar-refractivity contribution in [3.63, 3.8) is 0 Å². The van der Waals surface area contributed by atoms with Crippen LogP contribution >= 0.6 is 22.6 Å². The van der Waals surface area contributed by atoms with Crippen LogP contribution in [0.3, 0.4) is 0 Å². The van der Waals surface area contributed by atoms with E-state index in [1.165, 1.54) is 19.1 Å². The average Bonchev–Trinajstić information content (AvgIpc) is 2.79. The fraction of sp³-hybridized carbons (Fsp3) is 0.727. The van der Waals surface area contributed by atoms with Crippen LogP contribution in [-0.4, -0.2) is 53.2 Å². The second-order valence-corrected chi connectivity index (χ2v) is 5.60. The normalized spacial score (nSPS) is 23.7. The molecule has 0 saturated carbocycles. The van der Waals surface area contributed by atoms with Crippen LogP contribution in [0.25, 0.3) is 0 Å². The smallest absolute Gasteiger partial charge is 0.408 e. The van der Waals surface area contributed by atoms with Gasteiger partial charge in [0.2, 0.25) is 0 Å². The number of likely N-dealkylation sites (tertiary alicyclic amines) is 1. The number of carbonyl (C=O) groups is 3. The lowest BCUT2D eigenvalue weighted by atomic mass is 9.99. The highest BCUT2D eigenvalue weighted by molar-refractivity contribution is 14.1. The van der Waals surface area contributed by atoms with E-state index in [-0.39, 0.29) is 5.91 Å². The lowest BCUT2D eigenvalue weighted by Crippen LogP contribution is -2.55. The van der Waals surface area contributed by atoms with Crippen molar-refractivity contribution in [3.05, 3.63) is 0 Å². The van der Waals surface area contributed by atoms with Crippen molar-refractivity contribution in [3.8, 4) is 0 Å². The first kappa shape index (κ1) is 16.0. The van der Waals surface area contributed by atoms with Gasteiger partial charge in [-0.05, 0) is 42.4 Å². The molecule has 1 N–H and O–H groups in total. The van der Waals surface area contributed by atoms with E-state index in [9.17, 15) is 14.4 Å². The van der Waals surface area contributed by atoms with Crippen molar-refractivity contribution in [2.45, 2.75) is 29.4 Å². The minimum atomic E-state index is -0.965. The first-order valence-electron chi connectivity index (χ1n) is 5.75. The highest BCUT2D eigenvalue weighted by atomic mass is 127. The van der Waals surface area contributed by atoms with E-state index >= 15 is 0 Å². The van der Waals surface area contributed by atoms with Gasteiger partial charge in [-0.3, -0.25) is 4.79 Å². The molecule has 0 bridgehead atoms. The zero-order valence-corrected chi connectivity index (χ0v) is 13.2. The summed E-state index contributed by atoms with van der Waals surface area (Å²) in [5.74, 6) is -0.781. The highest BCUT2D eigenvalue weighted by Gasteiger charge is 2.48. The zero-order valence-electron chi connectivity index (χ0n) is 11.1. The fourth-order valence-electron chi connectivity index (χ4n) is 2.11. The summed E-state index contributed by atoms with van der Waals surface area (Å²) in [4.78, 5) is 36.6. The Morgan fingerprint density at radius 3 is 2.47 bits per heavy atom. The Balaban J connectivity index is 2.80. The maximum Gasteiger partial charge on any atom is 0.408 e. The SMILES string of the molecule is COC(=O)N[C@@H](I)C(=O)N1CCC[C@@]1(C)C(=O)OC. The van der Waals surface area contributed by atoms with Crippen LogP contribution in [-0.2, 0) is 19.1 Å². The number of carbonyl (C=O) groups excluding carboxylic acids is 3. The van der Waals surface area contributed by atoms with Crippen LogP contribution in [0, 0.1) is 0 Å². The van der Waals surface area contributed by atoms with Gasteiger partial charge in [-0.2, -0.15) is 0 Å². The number of methoxy groups -OCH3 is 2. The number of esters is 1. The lowest BCUT2D eigenvalue weighted by Gasteiger charge is -2.33. The third-order valence-corrected chi connectivity index (χ3v) is 4.02. The summed E-state index contributed by atoms with van der Waals surface area (Å²) in [5, 5.41) is 2.38. The van der Waals surface area contributed by atoms with E-state index in [0.717, 1.165) is 6.42 Å². The van der Waals surface area contributed by atoms with Gasteiger partial charge in [0.25, 0.3) is 5.91 Å². The predicted octanol–water partition coefficient (Wildman–Crippen LogP) is 0.658. The fourth-order valence-corrected chi connectivity index (χ4v) is 2.70. The maximum absolute atomic E-state index is 12.3. The number of alkyl carbamates (subject to hydrolysis) is 1. The molecule has 2 atom stereocenters. The molecule has 0 radical (unpaired) electrons. The molecular weight excluding hydrogens is 367 g/mol. The molecule has 2 amide bonds. The van der Waals surface area contributed by atoms with Crippen LogP contribution in [0.4, 0.5) is 4.79 Å². The molecule has 1 saturated heterocycles. The van der Waals surface area contributed by atoms with Crippen molar-refractivity contribution >= 4 is 40.6 Å². The van der Waals surface area contributed by atoms with E-state index < -0.39 is 21.7 Å². The number of nitrogens with zero attached hydrogens (tertiary/aromatic N) is 1. The van der Waals surface area contributed by atoms with Gasteiger partial charge >= 0.3 is 12.1 Å². The quantitative estimate of drug-likeness (QED) is 0.335. The summed E-state index contributed by atoms with van der Waals surface area (Å²) in [5.41, 5.74) is -0.965. The summed E-state index contributed by atoms with van der Waals surface area (Å²) >= 11 is 1.79. The van der Waals surface area contributed by atoms with Gasteiger partial charge < -0.3 is 19.7 Å². The van der Waals surface area contributed by atoms with E-state index in [1.807, 2.05) is 0 Å². The van der Waals surface area contributed by atoms with Gasteiger partial charge in [0.15, 0.2) is 4.05 Å². The highest BCUT2D eigenvalue weighted by Crippen LogP contribution is 2.31. The second kappa shape index (κ2) is 6.40.